The number of thiazole rings is 1. The van der Waals surface area contributed by atoms with Crippen LogP contribution in [0.4, 0.5) is 18.9 Å². The van der Waals surface area contributed by atoms with Gasteiger partial charge in [-0.05, 0) is 19.1 Å². The molecule has 1 atom stereocenters. The maximum Gasteiger partial charge on any atom is 0.424 e. The zero-order valence-electron chi connectivity index (χ0n) is 11.4. The lowest BCUT2D eigenvalue weighted by atomic mass is 9.99. The van der Waals surface area contributed by atoms with E-state index in [2.05, 4.69) is 15.3 Å². The predicted molar refractivity (Wildman–Crippen MR) is 74.3 cm³/mol. The molecule has 0 aliphatic carbocycles. The average molecular weight is 331 g/mol. The van der Waals surface area contributed by atoms with Crippen LogP contribution in [0.25, 0.3) is 0 Å². The molecular weight excluding hydrogens is 319 g/mol. The first kappa shape index (κ1) is 16.4. The van der Waals surface area contributed by atoms with Gasteiger partial charge in [0.1, 0.15) is 5.01 Å². The minimum atomic E-state index is -5.02. The summed E-state index contributed by atoms with van der Waals surface area (Å²) >= 11 is 0.658. The zero-order chi connectivity index (χ0) is 16.4. The van der Waals surface area contributed by atoms with E-state index in [0.29, 0.717) is 17.0 Å². The standard InChI is InChI=1S/C13H12F3N3O2S/c1-8-7-22-11(18-8)12(21,13(14,15)16)5-10(20)19-9-3-2-4-17-6-9/h2-4,6-7,21H,5H2,1H3,(H,19,20)/t12-/m0/s1. The lowest BCUT2D eigenvalue weighted by Gasteiger charge is -2.27. The molecule has 0 spiro atoms. The Morgan fingerprint density at radius 3 is 2.68 bits per heavy atom. The van der Waals surface area contributed by atoms with Crippen molar-refractivity contribution in [3.63, 3.8) is 0 Å². The van der Waals surface area contributed by atoms with E-state index < -0.39 is 29.1 Å². The van der Waals surface area contributed by atoms with Gasteiger partial charge in [0.25, 0.3) is 0 Å². The topological polar surface area (TPSA) is 75.1 Å². The van der Waals surface area contributed by atoms with Gasteiger partial charge < -0.3 is 10.4 Å². The average Bonchev–Trinajstić information content (AvgIpc) is 2.85. The summed E-state index contributed by atoms with van der Waals surface area (Å²) in [5, 5.41) is 13.1. The molecule has 0 saturated carbocycles. The second-order valence-electron chi connectivity index (χ2n) is 4.62. The van der Waals surface area contributed by atoms with Crippen LogP contribution in [0.5, 0.6) is 0 Å². The number of rotatable bonds is 4. The first-order valence-electron chi connectivity index (χ1n) is 6.14. The summed E-state index contributed by atoms with van der Waals surface area (Å²) in [5.41, 5.74) is -2.74. The molecule has 0 fully saturated rings. The molecule has 0 aliphatic heterocycles. The Labute approximate surface area is 127 Å². The lowest BCUT2D eigenvalue weighted by Crippen LogP contribution is -2.45. The third-order valence-electron chi connectivity index (χ3n) is 2.80. The van der Waals surface area contributed by atoms with E-state index in [9.17, 15) is 23.1 Å². The summed E-state index contributed by atoms with van der Waals surface area (Å²) in [6.07, 6.45) is -3.46. The molecule has 0 radical (unpaired) electrons. The van der Waals surface area contributed by atoms with Crippen molar-refractivity contribution in [1.29, 1.82) is 0 Å². The van der Waals surface area contributed by atoms with Crippen molar-refractivity contribution in [1.82, 2.24) is 9.97 Å². The summed E-state index contributed by atoms with van der Waals surface area (Å²) in [5.74, 6) is -0.985. The van der Waals surface area contributed by atoms with Crippen LogP contribution in [0.15, 0.2) is 29.9 Å². The first-order valence-corrected chi connectivity index (χ1v) is 7.02. The molecule has 5 nitrogen and oxygen atoms in total. The highest BCUT2D eigenvalue weighted by Gasteiger charge is 2.58. The number of aryl methyl sites for hydroxylation is 1. The molecule has 2 aromatic rings. The van der Waals surface area contributed by atoms with Crippen molar-refractivity contribution in [3.8, 4) is 0 Å². The summed E-state index contributed by atoms with van der Waals surface area (Å²) in [7, 11) is 0. The van der Waals surface area contributed by atoms with Crippen molar-refractivity contribution in [2.75, 3.05) is 5.32 Å². The second-order valence-corrected chi connectivity index (χ2v) is 5.48. The Morgan fingerprint density at radius 2 is 2.18 bits per heavy atom. The Balaban J connectivity index is 2.22. The van der Waals surface area contributed by atoms with Crippen molar-refractivity contribution in [2.24, 2.45) is 0 Å². The molecule has 118 valence electrons. The number of hydrogen-bond acceptors (Lipinski definition) is 5. The number of nitrogens with one attached hydrogen (secondary N) is 1. The number of anilines is 1. The largest absolute Gasteiger partial charge is 0.424 e. The number of carbonyl (C=O) groups excluding carboxylic acids is 1. The number of aliphatic hydroxyl groups is 1. The molecule has 0 aliphatic rings. The molecule has 0 unspecified atom stereocenters. The van der Waals surface area contributed by atoms with Crippen LogP contribution < -0.4 is 5.32 Å². The van der Waals surface area contributed by atoms with Gasteiger partial charge in [0.15, 0.2) is 0 Å². The molecule has 0 aromatic carbocycles. The second kappa shape index (κ2) is 6.01. The van der Waals surface area contributed by atoms with E-state index >= 15 is 0 Å². The molecule has 22 heavy (non-hydrogen) atoms. The summed E-state index contributed by atoms with van der Waals surface area (Å²) in [6.45, 7) is 1.51. The number of aromatic nitrogens is 2. The highest BCUT2D eigenvalue weighted by molar-refractivity contribution is 7.09. The van der Waals surface area contributed by atoms with Crippen molar-refractivity contribution in [3.05, 3.63) is 40.6 Å². The van der Waals surface area contributed by atoms with Gasteiger partial charge in [-0.15, -0.1) is 11.3 Å². The first-order chi connectivity index (χ1) is 10.2. The van der Waals surface area contributed by atoms with Crippen molar-refractivity contribution >= 4 is 22.9 Å². The van der Waals surface area contributed by atoms with Crippen LogP contribution in [0.3, 0.4) is 0 Å². The van der Waals surface area contributed by atoms with Gasteiger partial charge in [0.05, 0.1) is 18.3 Å². The third-order valence-corrected chi connectivity index (χ3v) is 3.91. The van der Waals surface area contributed by atoms with Gasteiger partial charge in [-0.3, -0.25) is 9.78 Å². The Morgan fingerprint density at radius 1 is 1.45 bits per heavy atom. The number of alkyl halides is 3. The number of hydrogen-bond donors (Lipinski definition) is 2. The lowest BCUT2D eigenvalue weighted by molar-refractivity contribution is -0.266. The molecule has 0 bridgehead atoms. The van der Waals surface area contributed by atoms with Crippen LogP contribution in [0, 0.1) is 6.92 Å². The highest BCUT2D eigenvalue weighted by Crippen LogP contribution is 2.42. The van der Waals surface area contributed by atoms with Gasteiger partial charge in [0.2, 0.25) is 11.5 Å². The fourth-order valence-electron chi connectivity index (χ4n) is 1.72. The quantitative estimate of drug-likeness (QED) is 0.903. The minimum Gasteiger partial charge on any atom is -0.374 e. The molecule has 2 N–H and O–H groups in total. The van der Waals surface area contributed by atoms with Crippen LogP contribution in [0.1, 0.15) is 17.1 Å². The molecular formula is C13H12F3N3O2S. The van der Waals surface area contributed by atoms with E-state index in [-0.39, 0.29) is 5.69 Å². The number of pyridine rings is 1. The molecule has 2 aromatic heterocycles. The van der Waals surface area contributed by atoms with E-state index in [1.807, 2.05) is 0 Å². The zero-order valence-corrected chi connectivity index (χ0v) is 12.2. The van der Waals surface area contributed by atoms with Crippen LogP contribution >= 0.6 is 11.3 Å². The highest BCUT2D eigenvalue weighted by atomic mass is 32.1. The van der Waals surface area contributed by atoms with Gasteiger partial charge in [-0.25, -0.2) is 4.98 Å². The summed E-state index contributed by atoms with van der Waals surface area (Å²) in [6, 6.07) is 3.00. The molecule has 9 heteroatoms. The van der Waals surface area contributed by atoms with Crippen LogP contribution in [0.2, 0.25) is 0 Å². The van der Waals surface area contributed by atoms with Gasteiger partial charge in [-0.1, -0.05) is 0 Å². The fourth-order valence-corrected chi connectivity index (χ4v) is 2.63. The van der Waals surface area contributed by atoms with Gasteiger partial charge >= 0.3 is 6.18 Å². The molecule has 2 heterocycles. The number of carbonyl (C=O) groups is 1. The van der Waals surface area contributed by atoms with Gasteiger partial charge in [-0.2, -0.15) is 13.2 Å². The summed E-state index contributed by atoms with van der Waals surface area (Å²) in [4.78, 5) is 19.2. The van der Waals surface area contributed by atoms with E-state index in [4.69, 9.17) is 0 Å². The maximum atomic E-state index is 13.2. The molecule has 2 rings (SSSR count). The smallest absolute Gasteiger partial charge is 0.374 e. The van der Waals surface area contributed by atoms with Crippen LogP contribution in [-0.4, -0.2) is 27.2 Å². The summed E-state index contributed by atoms with van der Waals surface area (Å²) < 4.78 is 39.7. The maximum absolute atomic E-state index is 13.2. The fraction of sp³-hybridized carbons (Fsp3) is 0.308. The SMILES string of the molecule is Cc1csc([C@@](O)(CC(=O)Nc2cccnc2)C(F)(F)F)n1. The monoisotopic (exact) mass is 331 g/mol. The van der Waals surface area contributed by atoms with Gasteiger partial charge in [0, 0.05) is 17.3 Å². The van der Waals surface area contributed by atoms with E-state index in [0.717, 1.165) is 0 Å². The van der Waals surface area contributed by atoms with E-state index in [1.54, 1.807) is 0 Å². The number of halogens is 3. The third kappa shape index (κ3) is 3.42. The Kier molecular flexibility index (Phi) is 4.47. The molecule has 0 saturated heterocycles. The van der Waals surface area contributed by atoms with Crippen molar-refractivity contribution < 1.29 is 23.1 Å². The number of amides is 1. The molecule has 1 amide bonds. The van der Waals surface area contributed by atoms with E-state index in [1.165, 1.54) is 36.8 Å². The predicted octanol–water partition coefficient (Wildman–Crippen LogP) is 2.63. The number of nitrogens with zero attached hydrogens (tertiary/aromatic N) is 2. The van der Waals surface area contributed by atoms with Crippen molar-refractivity contribution in [2.45, 2.75) is 25.1 Å². The Bertz CT molecular complexity index is 660. The van der Waals surface area contributed by atoms with Crippen LogP contribution in [-0.2, 0) is 10.4 Å². The minimum absolute atomic E-state index is 0.243. The Hall–Kier alpha value is -2.00. The normalized spacial score (nSPS) is 14.4.